The fraction of sp³-hybridized carbons (Fsp3) is 0.889. The van der Waals surface area contributed by atoms with Crippen molar-refractivity contribution >= 4 is 23.0 Å². The fourth-order valence-corrected chi connectivity index (χ4v) is 3.06. The molecular formula is C18H35NO4S. The maximum absolute atomic E-state index is 11.6. The highest BCUT2D eigenvalue weighted by molar-refractivity contribution is 8.13. The summed E-state index contributed by atoms with van der Waals surface area (Å²) in [6.45, 7) is 8.26. The van der Waals surface area contributed by atoms with Crippen LogP contribution in [0.2, 0.25) is 0 Å². The first kappa shape index (κ1) is 23.2. The maximum Gasteiger partial charge on any atom is 0.367 e. The van der Waals surface area contributed by atoms with Crippen LogP contribution < -0.4 is 5.32 Å². The third-order valence-corrected chi connectivity index (χ3v) is 4.30. The van der Waals surface area contributed by atoms with E-state index < -0.39 is 22.9 Å². The molecule has 0 heterocycles. The second kappa shape index (κ2) is 13.5. The Kier molecular flexibility index (Phi) is 13.1. The van der Waals surface area contributed by atoms with E-state index in [1.807, 2.05) is 0 Å². The molecular weight excluding hydrogens is 326 g/mol. The van der Waals surface area contributed by atoms with Crippen molar-refractivity contribution in [2.24, 2.45) is 0 Å². The summed E-state index contributed by atoms with van der Waals surface area (Å²) in [5.74, 6) is -0.744. The molecule has 0 aromatic carbocycles. The zero-order valence-electron chi connectivity index (χ0n) is 15.7. The third kappa shape index (κ3) is 14.8. The molecule has 0 aliphatic carbocycles. The van der Waals surface area contributed by atoms with Crippen molar-refractivity contribution in [3.8, 4) is 0 Å². The van der Waals surface area contributed by atoms with Crippen LogP contribution in [0.25, 0.3) is 0 Å². The lowest BCUT2D eigenvalue weighted by Gasteiger charge is -2.20. The van der Waals surface area contributed by atoms with E-state index in [1.54, 1.807) is 20.8 Å². The maximum atomic E-state index is 11.6. The Labute approximate surface area is 151 Å². The highest BCUT2D eigenvalue weighted by Crippen LogP contribution is 2.15. The number of rotatable bonds is 13. The van der Waals surface area contributed by atoms with Gasteiger partial charge in [0.1, 0.15) is 11.6 Å². The molecule has 0 saturated carbocycles. The smallest absolute Gasteiger partial charge is 0.367 e. The van der Waals surface area contributed by atoms with Crippen molar-refractivity contribution in [1.82, 2.24) is 5.32 Å². The predicted molar refractivity (Wildman–Crippen MR) is 101 cm³/mol. The third-order valence-electron chi connectivity index (χ3n) is 3.48. The number of carboxylic acid groups (broad SMARTS) is 1. The van der Waals surface area contributed by atoms with Gasteiger partial charge in [-0.25, -0.2) is 4.79 Å². The minimum atomic E-state index is -0.925. The standard InChI is InChI=1S/C18H35NO4S/c1-5-6-7-8-9-10-11-12-13-19-15(16(20)21)14-24-17(22)23-18(2,3)4/h15,19H,5-14H2,1-4H3,(H,20,21)/t15-/m0/s1. The van der Waals surface area contributed by atoms with Crippen LogP contribution >= 0.6 is 11.8 Å². The molecule has 0 aromatic heterocycles. The first-order valence-corrected chi connectivity index (χ1v) is 10.1. The number of nitrogens with one attached hydrogen (secondary N) is 1. The lowest BCUT2D eigenvalue weighted by Crippen LogP contribution is -2.39. The normalized spacial score (nSPS) is 12.8. The van der Waals surface area contributed by atoms with E-state index in [1.165, 1.54) is 38.5 Å². The largest absolute Gasteiger partial charge is 0.480 e. The van der Waals surface area contributed by atoms with Crippen molar-refractivity contribution in [2.75, 3.05) is 12.3 Å². The first-order valence-electron chi connectivity index (χ1n) is 9.08. The Hall–Kier alpha value is -0.750. The number of hydrogen-bond donors (Lipinski definition) is 2. The zero-order chi connectivity index (χ0) is 18.4. The second-order valence-electron chi connectivity index (χ2n) is 7.10. The summed E-state index contributed by atoms with van der Waals surface area (Å²) in [4.78, 5) is 22.9. The molecule has 1 atom stereocenters. The number of hydrogen-bond acceptors (Lipinski definition) is 5. The van der Waals surface area contributed by atoms with Gasteiger partial charge in [-0.3, -0.25) is 4.79 Å². The van der Waals surface area contributed by atoms with Crippen LogP contribution in [-0.2, 0) is 9.53 Å². The molecule has 0 radical (unpaired) electrons. The van der Waals surface area contributed by atoms with Gasteiger partial charge in [-0.2, -0.15) is 0 Å². The molecule has 5 nitrogen and oxygen atoms in total. The number of aliphatic carboxylic acids is 1. The summed E-state index contributed by atoms with van der Waals surface area (Å²) in [6.07, 6.45) is 9.74. The van der Waals surface area contributed by atoms with Crippen molar-refractivity contribution in [3.63, 3.8) is 0 Å². The molecule has 0 bridgehead atoms. The summed E-state index contributed by atoms with van der Waals surface area (Å²) < 4.78 is 5.17. The molecule has 0 fully saturated rings. The molecule has 0 unspecified atom stereocenters. The summed E-state index contributed by atoms with van der Waals surface area (Å²) in [5, 5.41) is 11.8. The quantitative estimate of drug-likeness (QED) is 0.361. The number of thioether (sulfide) groups is 1. The molecule has 0 aliphatic rings. The molecule has 6 heteroatoms. The minimum absolute atomic E-state index is 0.182. The van der Waals surface area contributed by atoms with Crippen LogP contribution in [0.5, 0.6) is 0 Å². The van der Waals surface area contributed by atoms with Gasteiger partial charge < -0.3 is 15.2 Å². The molecule has 0 amide bonds. The lowest BCUT2D eigenvalue weighted by molar-refractivity contribution is -0.138. The monoisotopic (exact) mass is 361 g/mol. The van der Waals surface area contributed by atoms with Gasteiger partial charge in [0.05, 0.1) is 0 Å². The van der Waals surface area contributed by atoms with E-state index in [4.69, 9.17) is 4.74 Å². The Morgan fingerprint density at radius 2 is 1.58 bits per heavy atom. The minimum Gasteiger partial charge on any atom is -0.480 e. The van der Waals surface area contributed by atoms with Crippen LogP contribution in [0.15, 0.2) is 0 Å². The predicted octanol–water partition coefficient (Wildman–Crippen LogP) is 4.84. The average Bonchev–Trinajstić information content (AvgIpc) is 2.46. The SMILES string of the molecule is CCCCCCCCCCN[C@@H](CSC(=O)OC(C)(C)C)C(=O)O. The van der Waals surface area contributed by atoms with Gasteiger partial charge >= 0.3 is 11.3 Å². The van der Waals surface area contributed by atoms with Gasteiger partial charge in [0.2, 0.25) is 0 Å². The second-order valence-corrected chi connectivity index (χ2v) is 8.05. The molecule has 0 aromatic rings. The van der Waals surface area contributed by atoms with Crippen molar-refractivity contribution in [1.29, 1.82) is 0 Å². The number of unbranched alkanes of at least 4 members (excludes halogenated alkanes) is 7. The molecule has 24 heavy (non-hydrogen) atoms. The van der Waals surface area contributed by atoms with E-state index in [2.05, 4.69) is 12.2 Å². The molecule has 0 saturated heterocycles. The van der Waals surface area contributed by atoms with E-state index >= 15 is 0 Å². The topological polar surface area (TPSA) is 75.6 Å². The van der Waals surface area contributed by atoms with Gasteiger partial charge in [-0.1, -0.05) is 51.9 Å². The Morgan fingerprint density at radius 1 is 1.04 bits per heavy atom. The van der Waals surface area contributed by atoms with E-state index in [-0.39, 0.29) is 5.75 Å². The van der Waals surface area contributed by atoms with Crippen LogP contribution in [0.1, 0.15) is 79.1 Å². The summed E-state index contributed by atoms with van der Waals surface area (Å²) in [6, 6.07) is -0.716. The van der Waals surface area contributed by atoms with Gasteiger partial charge in [0.15, 0.2) is 0 Å². The van der Waals surface area contributed by atoms with Crippen molar-refractivity contribution in [2.45, 2.75) is 90.7 Å². The number of ether oxygens (including phenoxy) is 1. The zero-order valence-corrected chi connectivity index (χ0v) is 16.5. The summed E-state index contributed by atoms with van der Waals surface area (Å²) in [7, 11) is 0. The molecule has 0 aliphatic heterocycles. The van der Waals surface area contributed by atoms with Crippen LogP contribution in [-0.4, -0.2) is 40.3 Å². The Bertz CT molecular complexity index is 355. The van der Waals surface area contributed by atoms with Crippen LogP contribution in [0.4, 0.5) is 4.79 Å². The summed E-state index contributed by atoms with van der Waals surface area (Å²) in [5.41, 5.74) is -0.548. The molecule has 142 valence electrons. The van der Waals surface area contributed by atoms with Gasteiger partial charge in [0.25, 0.3) is 0 Å². The number of carboxylic acids is 1. The fourth-order valence-electron chi connectivity index (χ4n) is 2.18. The van der Waals surface area contributed by atoms with Crippen LogP contribution in [0, 0.1) is 0 Å². The molecule has 2 N–H and O–H groups in total. The highest BCUT2D eigenvalue weighted by atomic mass is 32.2. The van der Waals surface area contributed by atoms with Crippen molar-refractivity contribution in [3.05, 3.63) is 0 Å². The Balaban J connectivity index is 3.78. The Morgan fingerprint density at radius 3 is 2.08 bits per heavy atom. The number of carbonyl (C=O) groups excluding carboxylic acids is 1. The summed E-state index contributed by atoms with van der Waals surface area (Å²) >= 11 is 0.915. The molecule has 0 rings (SSSR count). The lowest BCUT2D eigenvalue weighted by atomic mass is 10.1. The first-order chi connectivity index (χ1) is 11.3. The van der Waals surface area contributed by atoms with E-state index in [9.17, 15) is 14.7 Å². The van der Waals surface area contributed by atoms with E-state index in [0.29, 0.717) is 6.54 Å². The molecule has 0 spiro atoms. The number of carbonyl (C=O) groups is 2. The van der Waals surface area contributed by atoms with Gasteiger partial charge in [-0.15, -0.1) is 0 Å². The van der Waals surface area contributed by atoms with Gasteiger partial charge in [0, 0.05) is 5.75 Å². The highest BCUT2D eigenvalue weighted by Gasteiger charge is 2.21. The van der Waals surface area contributed by atoms with Crippen LogP contribution in [0.3, 0.4) is 0 Å². The van der Waals surface area contributed by atoms with Gasteiger partial charge in [-0.05, 0) is 45.5 Å². The van der Waals surface area contributed by atoms with Crippen molar-refractivity contribution < 1.29 is 19.4 Å². The van der Waals surface area contributed by atoms with E-state index in [0.717, 1.165) is 24.6 Å². The average molecular weight is 362 g/mol.